The van der Waals surface area contributed by atoms with Crippen LogP contribution in [0.3, 0.4) is 0 Å². The molecule has 2 N–H and O–H groups in total. The number of para-hydroxylation sites is 1. The van der Waals surface area contributed by atoms with E-state index >= 15 is 0 Å². The smallest absolute Gasteiger partial charge is 0.220 e. The number of ketones is 1. The van der Waals surface area contributed by atoms with Gasteiger partial charge in [-0.2, -0.15) is 0 Å². The largest absolute Gasteiger partial charge is 0.360 e. The fourth-order valence-electron chi connectivity index (χ4n) is 3.76. The number of hydrogen-bond acceptors (Lipinski definition) is 2. The zero-order chi connectivity index (χ0) is 22.9. The van der Waals surface area contributed by atoms with Gasteiger partial charge in [-0.3, -0.25) is 9.59 Å². The van der Waals surface area contributed by atoms with Crippen LogP contribution in [0.4, 0.5) is 0 Å². The van der Waals surface area contributed by atoms with Crippen LogP contribution < -0.4 is 5.32 Å². The molecule has 0 unspecified atom stereocenters. The predicted molar refractivity (Wildman–Crippen MR) is 135 cm³/mol. The van der Waals surface area contributed by atoms with Crippen molar-refractivity contribution in [2.45, 2.75) is 84.0 Å². The van der Waals surface area contributed by atoms with Gasteiger partial charge in [-0.15, -0.1) is 0 Å². The molecule has 174 valence electrons. The number of allylic oxidation sites excluding steroid dienone is 4. The number of Topliss-reactive ketones (excluding diaryl/α,β-unsaturated/α-hetero) is 1. The molecule has 0 bridgehead atoms. The lowest BCUT2D eigenvalue weighted by atomic mass is 10.1. The highest BCUT2D eigenvalue weighted by molar-refractivity contribution is 6.09. The third-order valence-electron chi connectivity index (χ3n) is 5.69. The van der Waals surface area contributed by atoms with Crippen LogP contribution in [0.25, 0.3) is 10.9 Å². The van der Waals surface area contributed by atoms with Gasteiger partial charge >= 0.3 is 0 Å². The first kappa shape index (κ1) is 25.6. The number of fused-ring (bicyclic) bond motifs is 1. The Hall–Kier alpha value is -2.62. The molecule has 4 nitrogen and oxygen atoms in total. The maximum Gasteiger partial charge on any atom is 0.220 e. The van der Waals surface area contributed by atoms with Crippen LogP contribution in [0.1, 0.15) is 94.3 Å². The van der Waals surface area contributed by atoms with E-state index in [0.717, 1.165) is 43.0 Å². The van der Waals surface area contributed by atoms with Crippen molar-refractivity contribution in [3.05, 3.63) is 60.3 Å². The topological polar surface area (TPSA) is 62.0 Å². The van der Waals surface area contributed by atoms with Crippen molar-refractivity contribution in [3.63, 3.8) is 0 Å². The van der Waals surface area contributed by atoms with E-state index in [9.17, 15) is 9.59 Å². The lowest BCUT2D eigenvalue weighted by molar-refractivity contribution is -0.121. The lowest BCUT2D eigenvalue weighted by Gasteiger charge is -2.04. The number of aromatic amines is 1. The molecule has 4 heteroatoms. The predicted octanol–water partition coefficient (Wildman–Crippen LogP) is 7.28. The molecule has 0 radical (unpaired) electrons. The van der Waals surface area contributed by atoms with E-state index in [1.165, 1.54) is 38.5 Å². The van der Waals surface area contributed by atoms with Crippen LogP contribution in [0.5, 0.6) is 0 Å². The minimum absolute atomic E-state index is 0.0381. The van der Waals surface area contributed by atoms with E-state index < -0.39 is 0 Å². The molecule has 2 rings (SSSR count). The van der Waals surface area contributed by atoms with Gasteiger partial charge in [0.05, 0.1) is 6.54 Å². The lowest BCUT2D eigenvalue weighted by Crippen LogP contribution is -2.29. The van der Waals surface area contributed by atoms with Crippen molar-refractivity contribution in [2.24, 2.45) is 0 Å². The van der Waals surface area contributed by atoms with Crippen LogP contribution >= 0.6 is 0 Å². The molecule has 0 fully saturated rings. The molecule has 0 aliphatic carbocycles. The molecule has 2 aromatic rings. The van der Waals surface area contributed by atoms with Gasteiger partial charge in [-0.25, -0.2) is 0 Å². The van der Waals surface area contributed by atoms with Gasteiger partial charge in [0.25, 0.3) is 0 Å². The fraction of sp³-hybridized carbons (Fsp3) is 0.500. The Morgan fingerprint density at radius 2 is 1.56 bits per heavy atom. The molecule has 0 aliphatic heterocycles. The number of unbranched alkanes of at least 4 members (excludes halogenated alkanes) is 8. The van der Waals surface area contributed by atoms with Crippen molar-refractivity contribution in [3.8, 4) is 0 Å². The molecule has 32 heavy (non-hydrogen) atoms. The molecule has 0 saturated carbocycles. The number of nitrogens with one attached hydrogen (secondary N) is 2. The van der Waals surface area contributed by atoms with Gasteiger partial charge in [0.1, 0.15) is 0 Å². The molecule has 0 atom stereocenters. The standard InChI is InChI=1S/C28H40N2O2/c1-2-3-4-5-6-7-8-9-10-11-12-13-14-15-16-21-28(32)30-23-27(31)25-22-29-26-20-18-17-19-24(25)26/h6-7,9-10,17-20,22,29H,2-5,8,11-16,21,23H2,1H3,(H,30,32). The van der Waals surface area contributed by atoms with Crippen molar-refractivity contribution in [2.75, 3.05) is 6.54 Å². The second-order valence-electron chi connectivity index (χ2n) is 8.43. The van der Waals surface area contributed by atoms with Crippen LogP contribution in [0.2, 0.25) is 0 Å². The third kappa shape index (κ3) is 10.1. The number of rotatable bonds is 17. The SMILES string of the molecule is CCCCCC=CCC=CCCCCCCCC(=O)NCC(=O)c1c[nH]c2ccccc12. The van der Waals surface area contributed by atoms with Gasteiger partial charge in [-0.1, -0.05) is 81.5 Å². The molecular formula is C28H40N2O2. The first-order chi connectivity index (χ1) is 15.7. The zero-order valence-corrected chi connectivity index (χ0v) is 19.7. The van der Waals surface area contributed by atoms with Gasteiger partial charge in [0, 0.05) is 29.1 Å². The van der Waals surface area contributed by atoms with Gasteiger partial charge < -0.3 is 10.3 Å². The Kier molecular flexibility index (Phi) is 12.9. The Labute approximate surface area is 193 Å². The van der Waals surface area contributed by atoms with E-state index in [1.807, 2.05) is 24.3 Å². The zero-order valence-electron chi connectivity index (χ0n) is 19.7. The highest BCUT2D eigenvalue weighted by Gasteiger charge is 2.12. The highest BCUT2D eigenvalue weighted by Crippen LogP contribution is 2.17. The van der Waals surface area contributed by atoms with E-state index in [0.29, 0.717) is 12.0 Å². The van der Waals surface area contributed by atoms with E-state index in [-0.39, 0.29) is 18.2 Å². The summed E-state index contributed by atoms with van der Waals surface area (Å²) in [4.78, 5) is 27.5. The Morgan fingerprint density at radius 3 is 2.34 bits per heavy atom. The first-order valence-corrected chi connectivity index (χ1v) is 12.4. The van der Waals surface area contributed by atoms with Crippen molar-refractivity contribution in [1.29, 1.82) is 0 Å². The second-order valence-corrected chi connectivity index (χ2v) is 8.43. The number of carbonyl (C=O) groups is 2. The van der Waals surface area contributed by atoms with E-state index in [4.69, 9.17) is 0 Å². The summed E-state index contributed by atoms with van der Waals surface area (Å²) in [7, 11) is 0. The summed E-state index contributed by atoms with van der Waals surface area (Å²) in [6, 6.07) is 7.70. The summed E-state index contributed by atoms with van der Waals surface area (Å²) in [5, 5.41) is 3.67. The summed E-state index contributed by atoms with van der Waals surface area (Å²) in [5.74, 6) is -0.0975. The third-order valence-corrected chi connectivity index (χ3v) is 5.69. The minimum atomic E-state index is -0.0594. The van der Waals surface area contributed by atoms with Crippen LogP contribution in [-0.4, -0.2) is 23.2 Å². The number of aromatic nitrogens is 1. The Morgan fingerprint density at radius 1 is 0.875 bits per heavy atom. The molecule has 1 amide bonds. The first-order valence-electron chi connectivity index (χ1n) is 12.4. The summed E-state index contributed by atoms with van der Waals surface area (Å²) >= 11 is 0. The number of amides is 1. The molecule has 1 aromatic heterocycles. The van der Waals surface area contributed by atoms with Gasteiger partial charge in [0.2, 0.25) is 5.91 Å². The number of carbonyl (C=O) groups excluding carboxylic acids is 2. The summed E-state index contributed by atoms with van der Waals surface area (Å²) in [6.07, 6.45) is 24.2. The summed E-state index contributed by atoms with van der Waals surface area (Å²) < 4.78 is 0. The quantitative estimate of drug-likeness (QED) is 0.155. The van der Waals surface area contributed by atoms with Crippen molar-refractivity contribution in [1.82, 2.24) is 10.3 Å². The maximum absolute atomic E-state index is 12.4. The highest BCUT2D eigenvalue weighted by atomic mass is 16.2. The number of benzene rings is 1. The summed E-state index contributed by atoms with van der Waals surface area (Å²) in [5.41, 5.74) is 1.57. The average Bonchev–Trinajstić information content (AvgIpc) is 3.24. The number of hydrogen-bond donors (Lipinski definition) is 2. The van der Waals surface area contributed by atoms with E-state index in [2.05, 4.69) is 41.5 Å². The molecule has 1 aromatic carbocycles. The Bertz CT molecular complexity index is 863. The average molecular weight is 437 g/mol. The molecule has 0 spiro atoms. The van der Waals surface area contributed by atoms with Crippen LogP contribution in [0.15, 0.2) is 54.8 Å². The maximum atomic E-state index is 12.4. The monoisotopic (exact) mass is 436 g/mol. The Balaban J connectivity index is 1.44. The molecule has 1 heterocycles. The van der Waals surface area contributed by atoms with Gasteiger partial charge in [-0.05, 0) is 44.6 Å². The molecule has 0 saturated heterocycles. The van der Waals surface area contributed by atoms with Crippen molar-refractivity contribution < 1.29 is 9.59 Å². The normalized spacial score (nSPS) is 11.7. The van der Waals surface area contributed by atoms with Crippen LogP contribution in [-0.2, 0) is 4.79 Å². The fourth-order valence-corrected chi connectivity index (χ4v) is 3.76. The van der Waals surface area contributed by atoms with Gasteiger partial charge in [0.15, 0.2) is 5.78 Å². The second kappa shape index (κ2) is 16.1. The molecule has 0 aliphatic rings. The number of H-pyrrole nitrogens is 1. The molecular weight excluding hydrogens is 396 g/mol. The van der Waals surface area contributed by atoms with Crippen molar-refractivity contribution >= 4 is 22.6 Å². The van der Waals surface area contributed by atoms with Crippen LogP contribution in [0, 0.1) is 0 Å². The minimum Gasteiger partial charge on any atom is -0.360 e. The van der Waals surface area contributed by atoms with E-state index in [1.54, 1.807) is 6.20 Å². The summed E-state index contributed by atoms with van der Waals surface area (Å²) in [6.45, 7) is 2.29.